The fourth-order valence-corrected chi connectivity index (χ4v) is 2.94. The van der Waals surface area contributed by atoms with Gasteiger partial charge < -0.3 is 20.1 Å². The lowest BCUT2D eigenvalue weighted by atomic mass is 9.89. The summed E-state index contributed by atoms with van der Waals surface area (Å²) >= 11 is 0. The second-order valence-electron chi connectivity index (χ2n) is 7.74. The molecule has 5 heteroatoms. The maximum absolute atomic E-state index is 12.2. The first-order valence-electron chi connectivity index (χ1n) is 8.69. The van der Waals surface area contributed by atoms with Crippen LogP contribution in [0, 0.1) is 0 Å². The van der Waals surface area contributed by atoms with Crippen LogP contribution in [-0.2, 0) is 4.74 Å². The molecular formula is C19H30N2O3. The van der Waals surface area contributed by atoms with E-state index in [1.807, 2.05) is 46.8 Å². The third-order valence-electron chi connectivity index (χ3n) is 3.94. The van der Waals surface area contributed by atoms with E-state index in [-0.39, 0.29) is 12.2 Å². The van der Waals surface area contributed by atoms with Gasteiger partial charge in [-0.1, -0.05) is 0 Å². The first-order valence-corrected chi connectivity index (χ1v) is 8.69. The number of carbonyl (C=O) groups is 1. The average Bonchev–Trinajstić information content (AvgIpc) is 2.44. The Labute approximate surface area is 145 Å². The number of hydrogen-bond donors (Lipinski definition) is 1. The Balaban J connectivity index is 1.99. The van der Waals surface area contributed by atoms with Crippen molar-refractivity contribution < 1.29 is 14.3 Å². The van der Waals surface area contributed by atoms with Crippen LogP contribution in [0.25, 0.3) is 0 Å². The quantitative estimate of drug-likeness (QED) is 0.843. The van der Waals surface area contributed by atoms with Crippen molar-refractivity contribution in [1.82, 2.24) is 4.90 Å². The van der Waals surface area contributed by atoms with Crippen molar-refractivity contribution in [3.63, 3.8) is 0 Å². The summed E-state index contributed by atoms with van der Waals surface area (Å²) in [6, 6.07) is 5.95. The van der Waals surface area contributed by atoms with Gasteiger partial charge in [-0.05, 0) is 71.1 Å². The minimum atomic E-state index is -0.453. The van der Waals surface area contributed by atoms with Crippen molar-refractivity contribution in [1.29, 1.82) is 0 Å². The van der Waals surface area contributed by atoms with Crippen molar-refractivity contribution in [2.24, 2.45) is 0 Å². The molecule has 1 aromatic carbocycles. The van der Waals surface area contributed by atoms with E-state index in [1.54, 1.807) is 4.90 Å². The largest absolute Gasteiger partial charge is 0.491 e. The molecule has 2 rings (SSSR count). The Morgan fingerprint density at radius 2 is 1.83 bits per heavy atom. The molecule has 1 aliphatic heterocycles. The fraction of sp³-hybridized carbons (Fsp3) is 0.632. The Morgan fingerprint density at radius 3 is 2.38 bits per heavy atom. The maximum Gasteiger partial charge on any atom is 0.410 e. The zero-order chi connectivity index (χ0) is 17.9. The standard InChI is InChI=1S/C19H30N2O3/c1-13(2)23-17-11-15(10-16(20)12-17)14-6-8-21(9-7-14)18(22)24-19(3,4)5/h10-14H,6-9,20H2,1-5H3. The zero-order valence-electron chi connectivity index (χ0n) is 15.5. The van der Waals surface area contributed by atoms with Crippen molar-refractivity contribution in [2.45, 2.75) is 65.1 Å². The van der Waals surface area contributed by atoms with Gasteiger partial charge >= 0.3 is 6.09 Å². The van der Waals surface area contributed by atoms with Crippen LogP contribution >= 0.6 is 0 Å². The number of likely N-dealkylation sites (tertiary alicyclic amines) is 1. The lowest BCUT2D eigenvalue weighted by Gasteiger charge is -2.33. The minimum absolute atomic E-state index is 0.119. The summed E-state index contributed by atoms with van der Waals surface area (Å²) in [7, 11) is 0. The van der Waals surface area contributed by atoms with Gasteiger partial charge in [-0.25, -0.2) is 4.79 Å². The first kappa shape index (κ1) is 18.4. The lowest BCUT2D eigenvalue weighted by molar-refractivity contribution is 0.0204. The maximum atomic E-state index is 12.2. The normalized spacial score (nSPS) is 16.3. The highest BCUT2D eigenvalue weighted by Gasteiger charge is 2.27. The molecule has 1 aromatic rings. The van der Waals surface area contributed by atoms with E-state index in [1.165, 1.54) is 5.56 Å². The molecule has 0 spiro atoms. The smallest absolute Gasteiger partial charge is 0.410 e. The van der Waals surface area contributed by atoms with Crippen LogP contribution in [0.2, 0.25) is 0 Å². The summed E-state index contributed by atoms with van der Waals surface area (Å²) in [5, 5.41) is 0. The van der Waals surface area contributed by atoms with Gasteiger partial charge in [-0.3, -0.25) is 0 Å². The van der Waals surface area contributed by atoms with Crippen LogP contribution in [0.15, 0.2) is 18.2 Å². The van der Waals surface area contributed by atoms with Gasteiger partial charge in [-0.15, -0.1) is 0 Å². The molecule has 2 N–H and O–H groups in total. The third-order valence-corrected chi connectivity index (χ3v) is 3.94. The molecule has 1 fully saturated rings. The van der Waals surface area contributed by atoms with Gasteiger partial charge in [0, 0.05) is 24.8 Å². The second-order valence-corrected chi connectivity index (χ2v) is 7.74. The van der Waals surface area contributed by atoms with Crippen LogP contribution in [-0.4, -0.2) is 35.8 Å². The van der Waals surface area contributed by atoms with E-state index in [2.05, 4.69) is 6.07 Å². The van der Waals surface area contributed by atoms with E-state index in [0.29, 0.717) is 19.0 Å². The molecule has 1 amide bonds. The fourth-order valence-electron chi connectivity index (χ4n) is 2.94. The Bertz CT molecular complexity index is 570. The topological polar surface area (TPSA) is 64.8 Å². The number of nitrogens with zero attached hydrogens (tertiary/aromatic N) is 1. The number of nitrogens with two attached hydrogens (primary N) is 1. The van der Waals surface area contributed by atoms with Gasteiger partial charge in [0.25, 0.3) is 0 Å². The van der Waals surface area contributed by atoms with Crippen molar-refractivity contribution in [3.05, 3.63) is 23.8 Å². The Hall–Kier alpha value is -1.91. The SMILES string of the molecule is CC(C)Oc1cc(N)cc(C2CCN(C(=O)OC(C)(C)C)CC2)c1. The Kier molecular flexibility index (Phi) is 5.62. The molecule has 24 heavy (non-hydrogen) atoms. The van der Waals surface area contributed by atoms with Crippen LogP contribution in [0.1, 0.15) is 58.9 Å². The summed E-state index contributed by atoms with van der Waals surface area (Å²) in [5.74, 6) is 1.20. The first-order chi connectivity index (χ1) is 11.1. The molecule has 0 bridgehead atoms. The number of benzene rings is 1. The summed E-state index contributed by atoms with van der Waals surface area (Å²) in [6.07, 6.45) is 1.71. The highest BCUT2D eigenvalue weighted by atomic mass is 16.6. The number of carbonyl (C=O) groups excluding carboxylic acids is 1. The van der Waals surface area contributed by atoms with Crippen LogP contribution < -0.4 is 10.5 Å². The summed E-state index contributed by atoms with van der Waals surface area (Å²) in [4.78, 5) is 13.9. The molecule has 5 nitrogen and oxygen atoms in total. The number of nitrogen functional groups attached to an aromatic ring is 1. The number of amides is 1. The monoisotopic (exact) mass is 334 g/mol. The van der Waals surface area contributed by atoms with Crippen LogP contribution in [0.3, 0.4) is 0 Å². The number of piperidine rings is 1. The second kappa shape index (κ2) is 7.32. The Morgan fingerprint density at radius 1 is 1.21 bits per heavy atom. The number of rotatable bonds is 3. The van der Waals surface area contributed by atoms with E-state index in [4.69, 9.17) is 15.2 Å². The molecule has 0 aromatic heterocycles. The van der Waals surface area contributed by atoms with Crippen LogP contribution in [0.4, 0.5) is 10.5 Å². The predicted octanol–water partition coefficient (Wildman–Crippen LogP) is 4.17. The summed E-state index contributed by atoms with van der Waals surface area (Å²) in [5.41, 5.74) is 7.48. The molecule has 0 radical (unpaired) electrons. The molecular weight excluding hydrogens is 304 g/mol. The number of ether oxygens (including phenoxy) is 2. The van der Waals surface area contributed by atoms with Crippen LogP contribution in [0.5, 0.6) is 5.75 Å². The van der Waals surface area contributed by atoms with Gasteiger partial charge in [-0.2, -0.15) is 0 Å². The predicted molar refractivity (Wildman–Crippen MR) is 96.4 cm³/mol. The molecule has 1 aliphatic rings. The van der Waals surface area contributed by atoms with Gasteiger partial charge in [0.1, 0.15) is 11.4 Å². The van der Waals surface area contributed by atoms with Crippen molar-refractivity contribution in [3.8, 4) is 5.75 Å². The molecule has 134 valence electrons. The molecule has 0 aliphatic carbocycles. The highest BCUT2D eigenvalue weighted by molar-refractivity contribution is 5.68. The summed E-state index contributed by atoms with van der Waals surface area (Å²) in [6.45, 7) is 11.1. The van der Waals surface area contributed by atoms with E-state index in [9.17, 15) is 4.79 Å². The lowest BCUT2D eigenvalue weighted by Crippen LogP contribution is -2.41. The molecule has 0 saturated carbocycles. The van der Waals surface area contributed by atoms with Gasteiger partial charge in [0.05, 0.1) is 6.10 Å². The molecule has 0 unspecified atom stereocenters. The average molecular weight is 334 g/mol. The van der Waals surface area contributed by atoms with E-state index in [0.717, 1.165) is 24.3 Å². The van der Waals surface area contributed by atoms with Gasteiger partial charge in [0.2, 0.25) is 0 Å². The van der Waals surface area contributed by atoms with Gasteiger partial charge in [0.15, 0.2) is 0 Å². The molecule has 0 atom stereocenters. The molecule has 1 heterocycles. The number of hydrogen-bond acceptors (Lipinski definition) is 4. The third kappa shape index (κ3) is 5.32. The van der Waals surface area contributed by atoms with Crippen molar-refractivity contribution >= 4 is 11.8 Å². The number of anilines is 1. The van der Waals surface area contributed by atoms with E-state index >= 15 is 0 Å². The highest BCUT2D eigenvalue weighted by Crippen LogP contribution is 2.32. The van der Waals surface area contributed by atoms with Crippen molar-refractivity contribution in [2.75, 3.05) is 18.8 Å². The summed E-state index contributed by atoms with van der Waals surface area (Å²) < 4.78 is 11.2. The zero-order valence-corrected chi connectivity index (χ0v) is 15.5. The van der Waals surface area contributed by atoms with E-state index < -0.39 is 5.60 Å². The minimum Gasteiger partial charge on any atom is -0.491 e. The molecule has 1 saturated heterocycles.